The van der Waals surface area contributed by atoms with Crippen molar-refractivity contribution in [3.8, 4) is 0 Å². The van der Waals surface area contributed by atoms with Crippen LogP contribution in [0.15, 0.2) is 59.5 Å². The van der Waals surface area contributed by atoms with Crippen molar-refractivity contribution in [1.29, 1.82) is 0 Å². The average Bonchev–Trinajstić information content (AvgIpc) is 3.44. The van der Waals surface area contributed by atoms with Crippen LogP contribution in [0.25, 0.3) is 0 Å². The summed E-state index contributed by atoms with van der Waals surface area (Å²) in [6.45, 7) is 3.27. The Hall–Kier alpha value is -3.05. The summed E-state index contributed by atoms with van der Waals surface area (Å²) >= 11 is 0. The lowest BCUT2D eigenvalue weighted by Crippen LogP contribution is -2.54. The van der Waals surface area contributed by atoms with Crippen molar-refractivity contribution in [3.63, 3.8) is 0 Å². The molecule has 5 nitrogen and oxygen atoms in total. The van der Waals surface area contributed by atoms with Crippen molar-refractivity contribution < 1.29 is 41.0 Å². The second-order valence-electron chi connectivity index (χ2n) is 8.73. The predicted molar refractivity (Wildman–Crippen MR) is 113 cm³/mol. The molecular weight excluding hydrogens is 478 g/mol. The summed E-state index contributed by atoms with van der Waals surface area (Å²) in [5, 5.41) is 19.8. The molecule has 2 aromatic carbocycles. The number of nitrogens with zero attached hydrogens (tertiary/aromatic N) is 2. The highest BCUT2D eigenvalue weighted by Crippen LogP contribution is 2.52. The number of hydrogen-bond acceptors (Lipinski definition) is 5. The molecule has 2 unspecified atom stereocenters. The predicted octanol–water partition coefficient (Wildman–Crippen LogP) is 5.19. The first-order valence-corrected chi connectivity index (χ1v) is 10.6. The van der Waals surface area contributed by atoms with Crippen LogP contribution in [0.3, 0.4) is 0 Å². The van der Waals surface area contributed by atoms with E-state index < -0.39 is 35.1 Å². The third-order valence-corrected chi connectivity index (χ3v) is 6.66. The second-order valence-corrected chi connectivity index (χ2v) is 8.73. The maximum absolute atomic E-state index is 13.4. The molecule has 3 aromatic rings. The minimum Gasteiger partial charge on any atom is -0.451 e. The van der Waals surface area contributed by atoms with Crippen LogP contribution in [-0.4, -0.2) is 33.6 Å². The van der Waals surface area contributed by atoms with Gasteiger partial charge in [0.05, 0.1) is 6.61 Å². The van der Waals surface area contributed by atoms with Gasteiger partial charge in [0.1, 0.15) is 17.5 Å². The Balaban J connectivity index is 1.91. The molecule has 0 saturated carbocycles. The Kier molecular flexibility index (Phi) is 5.92. The van der Waals surface area contributed by atoms with Crippen LogP contribution in [0.4, 0.5) is 32.0 Å². The number of hydrogen-bond donors (Lipinski definition) is 2. The van der Waals surface area contributed by atoms with Gasteiger partial charge in [-0.1, -0.05) is 36.4 Å². The van der Waals surface area contributed by atoms with E-state index in [2.05, 4.69) is 4.98 Å². The third-order valence-electron chi connectivity index (χ3n) is 6.66. The zero-order chi connectivity index (χ0) is 25.8. The Bertz CT molecular complexity index is 1190. The van der Waals surface area contributed by atoms with Gasteiger partial charge in [0.2, 0.25) is 0 Å². The molecule has 0 fully saturated rings. The Morgan fingerprint density at radius 3 is 2.29 bits per heavy atom. The molecule has 0 spiro atoms. The number of fused-ring (bicyclic) bond motifs is 1. The maximum Gasteiger partial charge on any atom is 0.430 e. The van der Waals surface area contributed by atoms with Crippen LogP contribution < -0.4 is 4.90 Å². The molecule has 1 aliphatic rings. The third kappa shape index (κ3) is 3.68. The lowest BCUT2D eigenvalue weighted by molar-refractivity contribution is -0.376. The Morgan fingerprint density at radius 1 is 1.06 bits per heavy atom. The number of aliphatic hydroxyl groups is 2. The van der Waals surface area contributed by atoms with E-state index in [9.17, 15) is 36.6 Å². The van der Waals surface area contributed by atoms with E-state index in [1.165, 1.54) is 12.7 Å². The first kappa shape index (κ1) is 25.1. The SMILES string of the molecule is CC1Cc2cc(C(O)(C(F)(F)F)C(F)(F)F)ccc2N1C(C)(c1cocn1)c1ccccc1CO. The van der Waals surface area contributed by atoms with Crippen molar-refractivity contribution in [3.05, 3.63) is 83.1 Å². The van der Waals surface area contributed by atoms with E-state index in [0.29, 0.717) is 28.6 Å². The molecule has 0 radical (unpaired) electrons. The molecule has 0 amide bonds. The molecule has 0 aliphatic carbocycles. The molecule has 0 bridgehead atoms. The van der Waals surface area contributed by atoms with Gasteiger partial charge in [-0.05, 0) is 43.0 Å². The highest BCUT2D eigenvalue weighted by Gasteiger charge is 2.71. The smallest absolute Gasteiger partial charge is 0.430 e. The summed E-state index contributed by atoms with van der Waals surface area (Å²) in [5.41, 5.74) is -5.17. The molecular formula is C24H22F6N2O3. The quantitative estimate of drug-likeness (QED) is 0.472. The molecule has 4 rings (SSSR count). The minimum atomic E-state index is -5.97. The van der Waals surface area contributed by atoms with Gasteiger partial charge in [-0.3, -0.25) is 0 Å². The molecule has 2 N–H and O–H groups in total. The van der Waals surface area contributed by atoms with Crippen LogP contribution >= 0.6 is 0 Å². The van der Waals surface area contributed by atoms with Gasteiger partial charge >= 0.3 is 12.4 Å². The monoisotopic (exact) mass is 500 g/mol. The highest BCUT2D eigenvalue weighted by molar-refractivity contribution is 5.66. The number of aliphatic hydroxyl groups excluding tert-OH is 1. The maximum atomic E-state index is 13.4. The van der Waals surface area contributed by atoms with Gasteiger partial charge in [-0.15, -0.1) is 0 Å². The van der Waals surface area contributed by atoms with Crippen LogP contribution in [0.1, 0.15) is 41.8 Å². The number of rotatable bonds is 5. The van der Waals surface area contributed by atoms with Gasteiger partial charge in [-0.2, -0.15) is 26.3 Å². The van der Waals surface area contributed by atoms with Crippen molar-refractivity contribution in [2.75, 3.05) is 4.90 Å². The van der Waals surface area contributed by atoms with Crippen LogP contribution in [0, 0.1) is 0 Å². The number of aromatic nitrogens is 1. The van der Waals surface area contributed by atoms with Crippen molar-refractivity contribution in [1.82, 2.24) is 4.98 Å². The average molecular weight is 500 g/mol. The lowest BCUT2D eigenvalue weighted by atomic mass is 9.83. The zero-order valence-electron chi connectivity index (χ0n) is 18.7. The van der Waals surface area contributed by atoms with E-state index in [-0.39, 0.29) is 18.6 Å². The van der Waals surface area contributed by atoms with Gasteiger partial charge in [0.15, 0.2) is 6.39 Å². The molecule has 1 aromatic heterocycles. The fourth-order valence-electron chi connectivity index (χ4n) is 5.00. The minimum absolute atomic E-state index is 0.115. The first-order chi connectivity index (χ1) is 16.3. The van der Waals surface area contributed by atoms with Gasteiger partial charge < -0.3 is 19.5 Å². The summed E-state index contributed by atoms with van der Waals surface area (Å²) in [5.74, 6) is 0. The standard InChI is InChI=1S/C24H22F6N2O3/c1-14-9-16-10-17(22(34,23(25,26)27)24(28,29)30)7-8-19(16)32(14)21(2,20-12-35-13-31-20)18-6-4-3-5-15(18)11-33/h3-8,10,12-14,33-34H,9,11H2,1-2H3. The van der Waals surface area contributed by atoms with E-state index >= 15 is 0 Å². The van der Waals surface area contributed by atoms with E-state index in [1.807, 2.05) is 4.90 Å². The Labute approximate surface area is 196 Å². The van der Waals surface area contributed by atoms with Crippen molar-refractivity contribution >= 4 is 5.69 Å². The molecule has 2 atom stereocenters. The van der Waals surface area contributed by atoms with Crippen LogP contribution in [-0.2, 0) is 24.2 Å². The normalized spacial score (nSPS) is 18.5. The molecule has 11 heteroatoms. The van der Waals surface area contributed by atoms with Gasteiger partial charge in [-0.25, -0.2) is 4.98 Å². The molecule has 0 saturated heterocycles. The number of oxazole rings is 1. The van der Waals surface area contributed by atoms with Gasteiger partial charge in [0, 0.05) is 17.3 Å². The molecule has 188 valence electrons. The number of anilines is 1. The number of benzene rings is 2. The van der Waals surface area contributed by atoms with Crippen LogP contribution in [0.5, 0.6) is 0 Å². The van der Waals surface area contributed by atoms with E-state index in [4.69, 9.17) is 4.42 Å². The lowest BCUT2D eigenvalue weighted by Gasteiger charge is -2.44. The van der Waals surface area contributed by atoms with Crippen molar-refractivity contribution in [2.24, 2.45) is 0 Å². The number of halogens is 6. The molecule has 1 aliphatic heterocycles. The molecule has 2 heterocycles. The largest absolute Gasteiger partial charge is 0.451 e. The highest BCUT2D eigenvalue weighted by atomic mass is 19.4. The second kappa shape index (κ2) is 8.27. The van der Waals surface area contributed by atoms with Crippen LogP contribution in [0.2, 0.25) is 0 Å². The van der Waals surface area contributed by atoms with Gasteiger partial charge in [0.25, 0.3) is 5.60 Å². The fraction of sp³-hybridized carbons (Fsp3) is 0.375. The first-order valence-electron chi connectivity index (χ1n) is 10.6. The summed E-state index contributed by atoms with van der Waals surface area (Å²) in [4.78, 5) is 6.12. The number of alkyl halides is 6. The fourth-order valence-corrected chi connectivity index (χ4v) is 5.00. The molecule has 35 heavy (non-hydrogen) atoms. The summed E-state index contributed by atoms with van der Waals surface area (Å²) in [7, 11) is 0. The van der Waals surface area contributed by atoms with Crippen molar-refractivity contribution in [2.45, 2.75) is 56.4 Å². The summed E-state index contributed by atoms with van der Waals surface area (Å²) in [6.07, 6.45) is -9.22. The zero-order valence-corrected chi connectivity index (χ0v) is 18.7. The Morgan fingerprint density at radius 2 is 1.71 bits per heavy atom. The topological polar surface area (TPSA) is 69.7 Å². The summed E-state index contributed by atoms with van der Waals surface area (Å²) < 4.78 is 85.9. The summed E-state index contributed by atoms with van der Waals surface area (Å²) in [6, 6.07) is 9.14. The van der Waals surface area contributed by atoms with E-state index in [1.54, 1.807) is 38.1 Å². The van der Waals surface area contributed by atoms with E-state index in [0.717, 1.165) is 12.1 Å².